The molecule has 0 aliphatic carbocycles. The molecule has 5 nitrogen and oxygen atoms in total. The molecule has 112 valence electrons. The van der Waals surface area contributed by atoms with Crippen LogP contribution in [-0.4, -0.2) is 26.0 Å². The van der Waals surface area contributed by atoms with Crippen LogP contribution in [0.25, 0.3) is 0 Å². The van der Waals surface area contributed by atoms with Crippen LogP contribution in [0, 0.1) is 6.92 Å². The first-order chi connectivity index (χ1) is 9.06. The Bertz CT molecular complexity index is 538. The number of nitrogens with one attached hydrogen (secondary N) is 1. The lowest BCUT2D eigenvalue weighted by Gasteiger charge is -2.03. The number of nitrogens with zero attached hydrogens (tertiary/aromatic N) is 4. The van der Waals surface area contributed by atoms with Gasteiger partial charge < -0.3 is 5.32 Å². The second-order valence-corrected chi connectivity index (χ2v) is 4.40. The summed E-state index contributed by atoms with van der Waals surface area (Å²) in [6.45, 7) is 2.87. The molecule has 2 aromatic heterocycles. The van der Waals surface area contributed by atoms with Gasteiger partial charge in [-0.25, -0.2) is 8.78 Å². The van der Waals surface area contributed by atoms with Crippen molar-refractivity contribution in [3.63, 3.8) is 0 Å². The fourth-order valence-electron chi connectivity index (χ4n) is 1.78. The smallest absolute Gasteiger partial charge is 0.257 e. The normalized spacial score (nSPS) is 10.8. The maximum atomic E-state index is 12.2. The third-order valence-corrected chi connectivity index (χ3v) is 2.98. The van der Waals surface area contributed by atoms with Crippen LogP contribution in [-0.2, 0) is 26.7 Å². The Morgan fingerprint density at radius 1 is 1.35 bits per heavy atom. The molecule has 0 saturated carbocycles. The number of aromatic nitrogens is 4. The van der Waals surface area contributed by atoms with Crippen molar-refractivity contribution in [2.45, 2.75) is 33.0 Å². The first kappa shape index (κ1) is 16.6. The van der Waals surface area contributed by atoms with Gasteiger partial charge in [-0.15, -0.1) is 12.4 Å². The quantitative estimate of drug-likeness (QED) is 0.887. The van der Waals surface area contributed by atoms with Gasteiger partial charge in [0.2, 0.25) is 0 Å². The van der Waals surface area contributed by atoms with Crippen molar-refractivity contribution in [2.24, 2.45) is 7.05 Å². The van der Waals surface area contributed by atoms with E-state index in [-0.39, 0.29) is 19.0 Å². The predicted octanol–water partition coefficient (Wildman–Crippen LogP) is 1.90. The van der Waals surface area contributed by atoms with Crippen LogP contribution >= 0.6 is 12.4 Å². The third kappa shape index (κ3) is 4.28. The van der Waals surface area contributed by atoms with E-state index >= 15 is 0 Å². The van der Waals surface area contributed by atoms with Gasteiger partial charge in [0.05, 0.1) is 11.9 Å². The molecule has 0 spiro atoms. The second-order valence-electron chi connectivity index (χ2n) is 4.40. The Hall–Kier alpha value is -1.47. The highest BCUT2D eigenvalue weighted by Gasteiger charge is 2.06. The number of hydrogen-bond donors (Lipinski definition) is 1. The van der Waals surface area contributed by atoms with Crippen molar-refractivity contribution in [2.75, 3.05) is 0 Å². The van der Waals surface area contributed by atoms with Crippen molar-refractivity contribution in [1.82, 2.24) is 24.9 Å². The molecule has 0 amide bonds. The molecule has 0 aliphatic rings. The van der Waals surface area contributed by atoms with Crippen LogP contribution in [0.1, 0.15) is 17.0 Å². The molecule has 0 aliphatic heterocycles. The van der Waals surface area contributed by atoms with E-state index in [0.717, 1.165) is 17.0 Å². The highest BCUT2D eigenvalue weighted by atomic mass is 35.5. The fourth-order valence-corrected chi connectivity index (χ4v) is 1.78. The van der Waals surface area contributed by atoms with Gasteiger partial charge in [-0.2, -0.15) is 10.2 Å². The van der Waals surface area contributed by atoms with Crippen molar-refractivity contribution < 1.29 is 8.78 Å². The predicted molar refractivity (Wildman–Crippen MR) is 74.0 cm³/mol. The van der Waals surface area contributed by atoms with E-state index in [1.54, 1.807) is 12.3 Å². The Morgan fingerprint density at radius 3 is 2.70 bits per heavy atom. The first-order valence-electron chi connectivity index (χ1n) is 6.05. The van der Waals surface area contributed by atoms with Crippen LogP contribution in [0.5, 0.6) is 0 Å². The largest absolute Gasteiger partial charge is 0.307 e. The Morgan fingerprint density at radius 2 is 2.10 bits per heavy atom. The number of rotatable bonds is 6. The highest BCUT2D eigenvalue weighted by Crippen LogP contribution is 2.05. The van der Waals surface area contributed by atoms with Gasteiger partial charge in [-0.3, -0.25) is 9.36 Å². The SMILES string of the molecule is Cc1c(CNCc2ccn(CC(F)F)n2)cnn1C.Cl. The van der Waals surface area contributed by atoms with E-state index in [0.29, 0.717) is 13.1 Å². The molecule has 0 unspecified atom stereocenters. The molecule has 2 rings (SSSR count). The summed E-state index contributed by atoms with van der Waals surface area (Å²) in [6.07, 6.45) is 1.01. The lowest BCUT2D eigenvalue weighted by molar-refractivity contribution is 0.121. The van der Waals surface area contributed by atoms with Gasteiger partial charge in [0, 0.05) is 37.6 Å². The van der Waals surface area contributed by atoms with Gasteiger partial charge in [0.1, 0.15) is 6.54 Å². The number of aryl methyl sites for hydroxylation is 1. The van der Waals surface area contributed by atoms with Crippen molar-refractivity contribution in [1.29, 1.82) is 0 Å². The summed E-state index contributed by atoms with van der Waals surface area (Å²) in [6, 6.07) is 1.74. The fraction of sp³-hybridized carbons (Fsp3) is 0.500. The van der Waals surface area contributed by atoms with Crippen LogP contribution in [0.3, 0.4) is 0 Å². The zero-order chi connectivity index (χ0) is 13.8. The van der Waals surface area contributed by atoms with Crippen molar-refractivity contribution >= 4 is 12.4 Å². The summed E-state index contributed by atoms with van der Waals surface area (Å²) in [5, 5.41) is 11.4. The standard InChI is InChI=1S/C12H17F2N5.ClH/c1-9-10(6-16-18(9)2)5-15-7-11-3-4-19(17-11)8-12(13)14;/h3-4,6,12,15H,5,7-8H2,1-2H3;1H. The van der Waals surface area contributed by atoms with Gasteiger partial charge in [-0.1, -0.05) is 0 Å². The molecule has 1 N–H and O–H groups in total. The molecule has 0 saturated heterocycles. The van der Waals surface area contributed by atoms with Crippen molar-refractivity contribution in [3.05, 3.63) is 35.4 Å². The maximum Gasteiger partial charge on any atom is 0.257 e. The number of hydrogen-bond acceptors (Lipinski definition) is 3. The molecule has 20 heavy (non-hydrogen) atoms. The van der Waals surface area contributed by atoms with E-state index < -0.39 is 6.43 Å². The van der Waals surface area contributed by atoms with E-state index in [1.807, 2.05) is 24.9 Å². The molecular formula is C12H18ClF2N5. The Kier molecular flexibility index (Phi) is 6.09. The second kappa shape index (κ2) is 7.35. The van der Waals surface area contributed by atoms with E-state index in [2.05, 4.69) is 15.5 Å². The molecule has 8 heteroatoms. The highest BCUT2D eigenvalue weighted by molar-refractivity contribution is 5.85. The maximum absolute atomic E-state index is 12.2. The topological polar surface area (TPSA) is 47.7 Å². The zero-order valence-electron chi connectivity index (χ0n) is 11.4. The van der Waals surface area contributed by atoms with Gasteiger partial charge in [0.15, 0.2) is 0 Å². The number of halogens is 3. The molecule has 0 fully saturated rings. The molecule has 0 bridgehead atoms. The summed E-state index contributed by atoms with van der Waals surface area (Å²) in [4.78, 5) is 0. The zero-order valence-corrected chi connectivity index (χ0v) is 12.2. The summed E-state index contributed by atoms with van der Waals surface area (Å²) >= 11 is 0. The van der Waals surface area contributed by atoms with Crippen molar-refractivity contribution in [3.8, 4) is 0 Å². The summed E-state index contributed by atoms with van der Waals surface area (Å²) in [5.41, 5.74) is 2.98. The average Bonchev–Trinajstić information content (AvgIpc) is 2.90. The first-order valence-corrected chi connectivity index (χ1v) is 6.05. The lowest BCUT2D eigenvalue weighted by atomic mass is 10.2. The molecule has 0 radical (unpaired) electrons. The van der Waals surface area contributed by atoms with Crippen LogP contribution in [0.15, 0.2) is 18.5 Å². The summed E-state index contributed by atoms with van der Waals surface area (Å²) in [7, 11) is 1.89. The molecule has 0 atom stereocenters. The van der Waals surface area contributed by atoms with E-state index in [9.17, 15) is 8.78 Å². The Labute approximate surface area is 122 Å². The van der Waals surface area contributed by atoms with Gasteiger partial charge in [-0.05, 0) is 13.0 Å². The summed E-state index contributed by atoms with van der Waals surface area (Å²) < 4.78 is 27.4. The Balaban J connectivity index is 0.00000200. The summed E-state index contributed by atoms with van der Waals surface area (Å²) in [5.74, 6) is 0. The van der Waals surface area contributed by atoms with Gasteiger partial charge >= 0.3 is 0 Å². The average molecular weight is 306 g/mol. The van der Waals surface area contributed by atoms with E-state index in [1.165, 1.54) is 4.68 Å². The molecule has 2 heterocycles. The third-order valence-electron chi connectivity index (χ3n) is 2.98. The monoisotopic (exact) mass is 305 g/mol. The molecule has 2 aromatic rings. The lowest BCUT2D eigenvalue weighted by Crippen LogP contribution is -2.14. The molecule has 0 aromatic carbocycles. The number of alkyl halides is 2. The molecular weight excluding hydrogens is 288 g/mol. The van der Waals surface area contributed by atoms with Gasteiger partial charge in [0.25, 0.3) is 6.43 Å². The minimum atomic E-state index is -2.38. The minimum Gasteiger partial charge on any atom is -0.307 e. The van der Waals surface area contributed by atoms with E-state index in [4.69, 9.17) is 0 Å². The minimum absolute atomic E-state index is 0. The van der Waals surface area contributed by atoms with Crippen LogP contribution < -0.4 is 5.32 Å². The van der Waals surface area contributed by atoms with Crippen LogP contribution in [0.4, 0.5) is 8.78 Å². The van der Waals surface area contributed by atoms with Crippen LogP contribution in [0.2, 0.25) is 0 Å².